The average molecular weight is 403 g/mol. The van der Waals surface area contributed by atoms with Gasteiger partial charge in [0.25, 0.3) is 0 Å². The van der Waals surface area contributed by atoms with Gasteiger partial charge in [-0.15, -0.1) is 0 Å². The molecule has 0 radical (unpaired) electrons. The lowest BCUT2D eigenvalue weighted by molar-refractivity contribution is -0.125. The van der Waals surface area contributed by atoms with Gasteiger partial charge in [-0.1, -0.05) is 30.3 Å². The van der Waals surface area contributed by atoms with Gasteiger partial charge >= 0.3 is 0 Å². The molecule has 1 aliphatic heterocycles. The van der Waals surface area contributed by atoms with Gasteiger partial charge in [-0.2, -0.15) is 0 Å². The number of carbonyl (C=O) groups excluding carboxylic acids is 1. The topological polar surface area (TPSA) is 84.5 Å². The van der Waals surface area contributed by atoms with Crippen LogP contribution in [0.3, 0.4) is 0 Å². The largest absolute Gasteiger partial charge is 0.381 e. The Labute approximate surface area is 166 Å². The predicted octanol–water partition coefficient (Wildman–Crippen LogP) is 3.06. The molecule has 1 saturated heterocycles. The fourth-order valence-electron chi connectivity index (χ4n) is 3.47. The third-order valence-corrected chi connectivity index (χ3v) is 6.60. The summed E-state index contributed by atoms with van der Waals surface area (Å²) in [6.07, 6.45) is 1.21. The van der Waals surface area contributed by atoms with E-state index in [1.54, 1.807) is 26.0 Å². The summed E-state index contributed by atoms with van der Waals surface area (Å²) in [6.45, 7) is 4.59. The van der Waals surface area contributed by atoms with E-state index in [1.165, 1.54) is 12.1 Å². The van der Waals surface area contributed by atoms with Gasteiger partial charge in [-0.25, -0.2) is 13.1 Å². The summed E-state index contributed by atoms with van der Waals surface area (Å²) in [6, 6.07) is 15.8. The van der Waals surface area contributed by atoms with Crippen LogP contribution in [0.5, 0.6) is 0 Å². The predicted molar refractivity (Wildman–Crippen MR) is 109 cm³/mol. The molecule has 0 bridgehead atoms. The highest BCUT2D eigenvalue weighted by atomic mass is 32.2. The number of benzene rings is 2. The maximum Gasteiger partial charge on any atom is 0.240 e. The normalized spacial score (nSPS) is 16.7. The Bertz CT molecular complexity index is 903. The van der Waals surface area contributed by atoms with Crippen LogP contribution in [0.15, 0.2) is 59.5 Å². The zero-order chi connectivity index (χ0) is 20.2. The van der Waals surface area contributed by atoms with E-state index in [9.17, 15) is 13.2 Å². The number of hydrogen-bond acceptors (Lipinski definition) is 4. The number of nitrogens with one attached hydrogen (secondary N) is 2. The number of amides is 1. The van der Waals surface area contributed by atoms with Crippen molar-refractivity contribution in [1.29, 1.82) is 0 Å². The SMILES string of the molecule is CC(C)NS(=O)(=O)c1ccc(NC(=O)C2(c3ccccc3)CCOCC2)cc1. The molecular formula is C21H26N2O4S. The van der Waals surface area contributed by atoms with Crippen LogP contribution in [0.2, 0.25) is 0 Å². The average Bonchev–Trinajstić information content (AvgIpc) is 2.68. The first-order chi connectivity index (χ1) is 13.3. The number of hydrogen-bond donors (Lipinski definition) is 2. The van der Waals surface area contributed by atoms with Crippen LogP contribution in [-0.2, 0) is 25.0 Å². The molecule has 1 fully saturated rings. The Kier molecular flexibility index (Phi) is 6.17. The minimum Gasteiger partial charge on any atom is -0.381 e. The lowest BCUT2D eigenvalue weighted by atomic mass is 9.73. The second kappa shape index (κ2) is 8.43. The number of sulfonamides is 1. The highest BCUT2D eigenvalue weighted by Gasteiger charge is 2.41. The first-order valence-electron chi connectivity index (χ1n) is 9.41. The number of anilines is 1. The summed E-state index contributed by atoms with van der Waals surface area (Å²) in [4.78, 5) is 13.4. The fraction of sp³-hybridized carbons (Fsp3) is 0.381. The second-order valence-corrected chi connectivity index (χ2v) is 9.03. The molecule has 1 aliphatic rings. The van der Waals surface area contributed by atoms with Crippen molar-refractivity contribution in [2.45, 2.75) is 43.0 Å². The summed E-state index contributed by atoms with van der Waals surface area (Å²) in [5.41, 5.74) is 0.884. The molecule has 2 aromatic rings. The molecule has 150 valence electrons. The molecule has 3 rings (SSSR count). The van der Waals surface area contributed by atoms with Crippen molar-refractivity contribution in [3.8, 4) is 0 Å². The molecule has 0 atom stereocenters. The molecule has 0 aromatic heterocycles. The summed E-state index contributed by atoms with van der Waals surface area (Å²) < 4.78 is 32.5. The molecule has 2 aromatic carbocycles. The first kappa shape index (κ1) is 20.5. The van der Waals surface area contributed by atoms with Crippen molar-refractivity contribution >= 4 is 21.6 Å². The van der Waals surface area contributed by atoms with Crippen LogP contribution in [0, 0.1) is 0 Å². The summed E-state index contributed by atoms with van der Waals surface area (Å²) in [5.74, 6) is -0.0992. The molecule has 7 heteroatoms. The number of ether oxygens (including phenoxy) is 1. The first-order valence-corrected chi connectivity index (χ1v) is 10.9. The van der Waals surface area contributed by atoms with Gasteiger partial charge in [0.15, 0.2) is 0 Å². The third kappa shape index (κ3) is 4.43. The molecule has 1 amide bonds. The second-order valence-electron chi connectivity index (χ2n) is 7.31. The minimum atomic E-state index is -3.56. The van der Waals surface area contributed by atoms with Gasteiger partial charge in [0.1, 0.15) is 0 Å². The van der Waals surface area contributed by atoms with Crippen LogP contribution < -0.4 is 10.0 Å². The van der Waals surface area contributed by atoms with Crippen molar-refractivity contribution < 1.29 is 17.9 Å². The van der Waals surface area contributed by atoms with Crippen LogP contribution in [0.1, 0.15) is 32.3 Å². The van der Waals surface area contributed by atoms with Crippen molar-refractivity contribution in [2.75, 3.05) is 18.5 Å². The van der Waals surface area contributed by atoms with Gasteiger partial charge in [0.2, 0.25) is 15.9 Å². The lowest BCUT2D eigenvalue weighted by Crippen LogP contribution is -2.44. The highest BCUT2D eigenvalue weighted by molar-refractivity contribution is 7.89. The van der Waals surface area contributed by atoms with E-state index < -0.39 is 15.4 Å². The summed E-state index contributed by atoms with van der Waals surface area (Å²) in [5, 5.41) is 2.96. The minimum absolute atomic E-state index is 0.0992. The van der Waals surface area contributed by atoms with Gasteiger partial charge in [-0.3, -0.25) is 4.79 Å². The molecular weight excluding hydrogens is 376 g/mol. The monoisotopic (exact) mass is 402 g/mol. The smallest absolute Gasteiger partial charge is 0.240 e. The Morgan fingerprint density at radius 1 is 1.00 bits per heavy atom. The lowest BCUT2D eigenvalue weighted by Gasteiger charge is -2.36. The zero-order valence-corrected chi connectivity index (χ0v) is 17.0. The zero-order valence-electron chi connectivity index (χ0n) is 16.1. The highest BCUT2D eigenvalue weighted by Crippen LogP contribution is 2.36. The van der Waals surface area contributed by atoms with Crippen LogP contribution in [0.25, 0.3) is 0 Å². The molecule has 0 saturated carbocycles. The van der Waals surface area contributed by atoms with E-state index in [2.05, 4.69) is 10.0 Å². The molecule has 1 heterocycles. The van der Waals surface area contributed by atoms with E-state index in [1.807, 2.05) is 30.3 Å². The Morgan fingerprint density at radius 2 is 1.61 bits per heavy atom. The standard InChI is InChI=1S/C21H26N2O4S/c1-16(2)23-28(25,26)19-10-8-18(9-11-19)22-20(24)21(12-14-27-15-13-21)17-6-4-3-5-7-17/h3-11,16,23H,12-15H2,1-2H3,(H,22,24). The summed E-state index contributed by atoms with van der Waals surface area (Å²) in [7, 11) is -3.56. The molecule has 0 aliphatic carbocycles. The number of carbonyl (C=O) groups is 1. The Hall–Kier alpha value is -2.22. The molecule has 0 spiro atoms. The van der Waals surface area contributed by atoms with Crippen LogP contribution in [-0.4, -0.2) is 33.6 Å². The Balaban J connectivity index is 1.81. The summed E-state index contributed by atoms with van der Waals surface area (Å²) >= 11 is 0. The van der Waals surface area contributed by atoms with Crippen molar-refractivity contribution in [2.24, 2.45) is 0 Å². The van der Waals surface area contributed by atoms with Crippen LogP contribution >= 0.6 is 0 Å². The van der Waals surface area contributed by atoms with Gasteiger partial charge in [0.05, 0.1) is 10.3 Å². The molecule has 2 N–H and O–H groups in total. The molecule has 6 nitrogen and oxygen atoms in total. The van der Waals surface area contributed by atoms with Crippen molar-refractivity contribution in [3.63, 3.8) is 0 Å². The van der Waals surface area contributed by atoms with E-state index in [0.717, 1.165) is 5.56 Å². The quantitative estimate of drug-likeness (QED) is 0.778. The van der Waals surface area contributed by atoms with E-state index in [4.69, 9.17) is 4.74 Å². The molecule has 0 unspecified atom stereocenters. The Morgan fingerprint density at radius 3 is 2.18 bits per heavy atom. The van der Waals surface area contributed by atoms with Crippen LogP contribution in [0.4, 0.5) is 5.69 Å². The van der Waals surface area contributed by atoms with Crippen molar-refractivity contribution in [3.05, 3.63) is 60.2 Å². The molecule has 28 heavy (non-hydrogen) atoms. The third-order valence-electron chi connectivity index (χ3n) is 4.92. The fourth-order valence-corrected chi connectivity index (χ4v) is 4.72. The maximum atomic E-state index is 13.2. The van der Waals surface area contributed by atoms with Gasteiger partial charge in [0, 0.05) is 24.9 Å². The van der Waals surface area contributed by atoms with Gasteiger partial charge < -0.3 is 10.1 Å². The van der Waals surface area contributed by atoms with Gasteiger partial charge in [-0.05, 0) is 56.5 Å². The van der Waals surface area contributed by atoms with Crippen molar-refractivity contribution in [1.82, 2.24) is 4.72 Å². The van der Waals surface area contributed by atoms with E-state index >= 15 is 0 Å². The van der Waals surface area contributed by atoms with E-state index in [0.29, 0.717) is 31.7 Å². The van der Waals surface area contributed by atoms with E-state index in [-0.39, 0.29) is 16.8 Å². The maximum absolute atomic E-state index is 13.2. The number of rotatable bonds is 6.